The molecular weight excluding hydrogens is 280 g/mol. The second-order valence-electron chi connectivity index (χ2n) is 3.86. The van der Waals surface area contributed by atoms with Gasteiger partial charge in [0.25, 0.3) is 5.91 Å². The van der Waals surface area contributed by atoms with Crippen LogP contribution in [-0.4, -0.2) is 24.0 Å². The molecule has 0 aliphatic heterocycles. The number of halogens is 1. The van der Waals surface area contributed by atoms with Crippen LogP contribution < -0.4 is 5.32 Å². The van der Waals surface area contributed by atoms with Gasteiger partial charge in [0.1, 0.15) is 5.15 Å². The monoisotopic (exact) mass is 290 g/mol. The highest BCUT2D eigenvalue weighted by Gasteiger charge is 2.14. The Balaban J connectivity index is 2.26. The van der Waals surface area contributed by atoms with Crippen LogP contribution in [0.3, 0.4) is 0 Å². The fourth-order valence-corrected chi connectivity index (χ4v) is 1.79. The summed E-state index contributed by atoms with van der Waals surface area (Å²) in [4.78, 5) is 27.5. The Labute approximate surface area is 120 Å². The highest BCUT2D eigenvalue weighted by Crippen LogP contribution is 2.17. The highest BCUT2D eigenvalue weighted by atomic mass is 35.5. The molecule has 0 saturated carbocycles. The number of hydrogen-bond acceptors (Lipinski definition) is 4. The van der Waals surface area contributed by atoms with Crippen LogP contribution in [0.2, 0.25) is 5.15 Å². The van der Waals surface area contributed by atoms with Crippen molar-refractivity contribution in [2.75, 3.05) is 12.4 Å². The molecule has 2 aromatic rings. The Morgan fingerprint density at radius 2 is 2.00 bits per heavy atom. The SMILES string of the molecule is COC(=O)c1ccccc1NC(=O)c1ccnc(Cl)c1. The molecule has 5 nitrogen and oxygen atoms in total. The fourth-order valence-electron chi connectivity index (χ4n) is 1.62. The molecule has 6 heteroatoms. The minimum atomic E-state index is -0.520. The highest BCUT2D eigenvalue weighted by molar-refractivity contribution is 6.29. The standard InChI is InChI=1S/C14H11ClN2O3/c1-20-14(19)10-4-2-3-5-11(10)17-13(18)9-6-7-16-12(15)8-9/h2-8H,1H3,(H,17,18). The van der Waals surface area contributed by atoms with Crippen molar-refractivity contribution in [1.82, 2.24) is 4.98 Å². The Bertz CT molecular complexity index is 658. The van der Waals surface area contributed by atoms with Crippen molar-refractivity contribution >= 4 is 29.2 Å². The van der Waals surface area contributed by atoms with Gasteiger partial charge < -0.3 is 10.1 Å². The van der Waals surface area contributed by atoms with E-state index in [1.807, 2.05) is 0 Å². The molecule has 0 fully saturated rings. The van der Waals surface area contributed by atoms with E-state index in [2.05, 4.69) is 15.0 Å². The molecule has 2 rings (SSSR count). The summed E-state index contributed by atoms with van der Waals surface area (Å²) in [5, 5.41) is 2.86. The van der Waals surface area contributed by atoms with E-state index in [0.717, 1.165) is 0 Å². The largest absolute Gasteiger partial charge is 0.465 e. The van der Waals surface area contributed by atoms with Crippen molar-refractivity contribution in [1.29, 1.82) is 0 Å². The lowest BCUT2D eigenvalue weighted by Gasteiger charge is -2.09. The maximum absolute atomic E-state index is 12.1. The number of nitrogens with zero attached hydrogens (tertiary/aromatic N) is 1. The summed E-state index contributed by atoms with van der Waals surface area (Å²) in [6.45, 7) is 0. The number of anilines is 1. The number of carbonyl (C=O) groups is 2. The van der Waals surface area contributed by atoms with Crippen molar-refractivity contribution in [3.8, 4) is 0 Å². The Hall–Kier alpha value is -2.40. The first kappa shape index (κ1) is 14.0. The minimum Gasteiger partial charge on any atom is -0.465 e. The fraction of sp³-hybridized carbons (Fsp3) is 0.0714. The van der Waals surface area contributed by atoms with Gasteiger partial charge in [0.2, 0.25) is 0 Å². The van der Waals surface area contributed by atoms with E-state index in [9.17, 15) is 9.59 Å². The maximum atomic E-state index is 12.1. The van der Waals surface area contributed by atoms with Crippen molar-refractivity contribution in [2.24, 2.45) is 0 Å². The third kappa shape index (κ3) is 3.13. The molecule has 0 bridgehead atoms. The van der Waals surface area contributed by atoms with Gasteiger partial charge >= 0.3 is 5.97 Å². The summed E-state index contributed by atoms with van der Waals surface area (Å²) < 4.78 is 4.66. The molecule has 1 heterocycles. The average Bonchev–Trinajstić information content (AvgIpc) is 2.47. The van der Waals surface area contributed by atoms with Crippen LogP contribution in [-0.2, 0) is 4.74 Å². The zero-order chi connectivity index (χ0) is 14.5. The molecule has 20 heavy (non-hydrogen) atoms. The Morgan fingerprint density at radius 1 is 1.25 bits per heavy atom. The molecule has 0 radical (unpaired) electrons. The number of esters is 1. The van der Waals surface area contributed by atoms with Crippen LogP contribution in [0, 0.1) is 0 Å². The second-order valence-corrected chi connectivity index (χ2v) is 4.25. The Kier molecular flexibility index (Phi) is 4.32. The van der Waals surface area contributed by atoms with Gasteiger partial charge in [-0.3, -0.25) is 4.79 Å². The van der Waals surface area contributed by atoms with Gasteiger partial charge in [-0.15, -0.1) is 0 Å². The number of hydrogen-bond donors (Lipinski definition) is 1. The van der Waals surface area contributed by atoms with Crippen LogP contribution in [0.1, 0.15) is 20.7 Å². The van der Waals surface area contributed by atoms with Crippen molar-refractivity contribution < 1.29 is 14.3 Å². The summed E-state index contributed by atoms with van der Waals surface area (Å²) >= 11 is 5.73. The number of ether oxygens (including phenoxy) is 1. The predicted octanol–water partition coefficient (Wildman–Crippen LogP) is 2.77. The van der Waals surface area contributed by atoms with Gasteiger partial charge in [0.15, 0.2) is 0 Å². The third-order valence-corrected chi connectivity index (χ3v) is 2.78. The molecule has 0 spiro atoms. The molecule has 0 aliphatic carbocycles. The summed E-state index contributed by atoms with van der Waals surface area (Å²) in [7, 11) is 1.28. The first-order chi connectivity index (χ1) is 9.61. The summed E-state index contributed by atoms with van der Waals surface area (Å²) in [6, 6.07) is 9.56. The van der Waals surface area contributed by atoms with Crippen LogP contribution in [0.25, 0.3) is 0 Å². The number of aromatic nitrogens is 1. The normalized spacial score (nSPS) is 9.90. The number of carbonyl (C=O) groups excluding carboxylic acids is 2. The summed E-state index contributed by atoms with van der Waals surface area (Å²) in [6.07, 6.45) is 1.43. The number of benzene rings is 1. The van der Waals surface area contributed by atoms with E-state index in [1.54, 1.807) is 24.3 Å². The lowest BCUT2D eigenvalue weighted by Crippen LogP contribution is -2.15. The second kappa shape index (κ2) is 6.16. The topological polar surface area (TPSA) is 68.3 Å². The molecule has 0 aliphatic rings. The van der Waals surface area contributed by atoms with Crippen molar-refractivity contribution in [3.63, 3.8) is 0 Å². The van der Waals surface area contributed by atoms with E-state index in [-0.39, 0.29) is 16.6 Å². The molecular formula is C14H11ClN2O3. The summed E-state index contributed by atoms with van der Waals surface area (Å²) in [5.41, 5.74) is 1.01. The minimum absolute atomic E-state index is 0.221. The number of amides is 1. The van der Waals surface area contributed by atoms with Crippen LogP contribution in [0.4, 0.5) is 5.69 Å². The van der Waals surface area contributed by atoms with E-state index in [4.69, 9.17) is 11.6 Å². The third-order valence-electron chi connectivity index (χ3n) is 2.57. The smallest absolute Gasteiger partial charge is 0.339 e. The maximum Gasteiger partial charge on any atom is 0.339 e. The van der Waals surface area contributed by atoms with Gasteiger partial charge in [-0.2, -0.15) is 0 Å². The van der Waals surface area contributed by atoms with E-state index in [0.29, 0.717) is 11.3 Å². The molecule has 0 atom stereocenters. The summed E-state index contributed by atoms with van der Waals surface area (Å²) in [5.74, 6) is -0.903. The van der Waals surface area contributed by atoms with Gasteiger partial charge in [-0.05, 0) is 24.3 Å². The molecule has 1 aromatic heterocycles. The number of rotatable bonds is 3. The molecule has 1 aromatic carbocycles. The number of para-hydroxylation sites is 1. The lowest BCUT2D eigenvalue weighted by molar-refractivity contribution is 0.0602. The van der Waals surface area contributed by atoms with Gasteiger partial charge in [-0.25, -0.2) is 9.78 Å². The van der Waals surface area contributed by atoms with Crippen molar-refractivity contribution in [3.05, 3.63) is 58.9 Å². The Morgan fingerprint density at radius 3 is 2.70 bits per heavy atom. The molecule has 0 saturated heterocycles. The quantitative estimate of drug-likeness (QED) is 0.697. The zero-order valence-electron chi connectivity index (χ0n) is 10.6. The number of methoxy groups -OCH3 is 1. The molecule has 102 valence electrons. The predicted molar refractivity (Wildman–Crippen MR) is 75.0 cm³/mol. The molecule has 1 amide bonds. The van der Waals surface area contributed by atoms with Crippen LogP contribution >= 0.6 is 11.6 Å². The lowest BCUT2D eigenvalue weighted by atomic mass is 10.1. The van der Waals surface area contributed by atoms with E-state index in [1.165, 1.54) is 25.4 Å². The first-order valence-corrected chi connectivity index (χ1v) is 6.10. The van der Waals surface area contributed by atoms with Crippen LogP contribution in [0.5, 0.6) is 0 Å². The van der Waals surface area contributed by atoms with Crippen molar-refractivity contribution in [2.45, 2.75) is 0 Å². The van der Waals surface area contributed by atoms with E-state index < -0.39 is 5.97 Å². The molecule has 1 N–H and O–H groups in total. The van der Waals surface area contributed by atoms with Gasteiger partial charge in [0.05, 0.1) is 18.4 Å². The first-order valence-electron chi connectivity index (χ1n) is 5.72. The van der Waals surface area contributed by atoms with Crippen LogP contribution in [0.15, 0.2) is 42.6 Å². The number of pyridine rings is 1. The van der Waals surface area contributed by atoms with Gasteiger partial charge in [-0.1, -0.05) is 23.7 Å². The zero-order valence-corrected chi connectivity index (χ0v) is 11.3. The number of nitrogens with one attached hydrogen (secondary N) is 1. The van der Waals surface area contributed by atoms with Gasteiger partial charge in [0, 0.05) is 11.8 Å². The average molecular weight is 291 g/mol. The van der Waals surface area contributed by atoms with E-state index >= 15 is 0 Å². The molecule has 0 unspecified atom stereocenters.